The summed E-state index contributed by atoms with van der Waals surface area (Å²) in [5.41, 5.74) is 3.02. The lowest BCUT2D eigenvalue weighted by Crippen LogP contribution is -2.14. The van der Waals surface area contributed by atoms with E-state index in [9.17, 15) is 0 Å². The summed E-state index contributed by atoms with van der Waals surface area (Å²) in [5, 5.41) is 4.36. The Bertz CT molecular complexity index is 582. The number of aromatic nitrogens is 4. The molecule has 0 radical (unpaired) electrons. The molecule has 2 heterocycles. The van der Waals surface area contributed by atoms with Gasteiger partial charge in [0.1, 0.15) is 11.3 Å². The average Bonchev–Trinajstić information content (AvgIpc) is 2.85. The van der Waals surface area contributed by atoms with E-state index in [1.54, 1.807) is 0 Å². The Kier molecular flexibility index (Phi) is 4.70. The zero-order valence-electron chi connectivity index (χ0n) is 13.0. The van der Waals surface area contributed by atoms with Gasteiger partial charge in [0, 0.05) is 13.6 Å². The highest BCUT2D eigenvalue weighted by Crippen LogP contribution is 2.26. The number of fused-ring (bicyclic) bond motifs is 1. The third kappa shape index (κ3) is 2.99. The summed E-state index contributed by atoms with van der Waals surface area (Å²) in [6.45, 7) is 6.01. The molecule has 5 nitrogen and oxygen atoms in total. The van der Waals surface area contributed by atoms with E-state index in [-0.39, 0.29) is 5.38 Å². The lowest BCUT2D eigenvalue weighted by atomic mass is 10.3. The highest BCUT2D eigenvalue weighted by Gasteiger charge is 2.19. The number of imidazole rings is 1. The van der Waals surface area contributed by atoms with E-state index in [0.29, 0.717) is 0 Å². The minimum Gasteiger partial charge on any atom is -0.312 e. The summed E-state index contributed by atoms with van der Waals surface area (Å²) in [4.78, 5) is 6.89. The third-order valence-corrected chi connectivity index (χ3v) is 3.71. The molecule has 20 heavy (non-hydrogen) atoms. The van der Waals surface area contributed by atoms with E-state index in [0.717, 1.165) is 42.2 Å². The number of hydrogen-bond acceptors (Lipinski definition) is 3. The topological polar surface area (TPSA) is 38.9 Å². The van der Waals surface area contributed by atoms with Crippen LogP contribution in [0.5, 0.6) is 0 Å². The Hall–Kier alpha value is -1.07. The maximum absolute atomic E-state index is 6.28. The summed E-state index contributed by atoms with van der Waals surface area (Å²) in [6.07, 6.45) is 2.28. The minimum atomic E-state index is -0.0874. The number of alkyl halides is 1. The summed E-state index contributed by atoms with van der Waals surface area (Å²) in [7, 11) is 6.17. The lowest BCUT2D eigenvalue weighted by molar-refractivity contribution is 0.387. The van der Waals surface area contributed by atoms with Crippen molar-refractivity contribution in [3.05, 3.63) is 11.5 Å². The first-order chi connectivity index (χ1) is 9.41. The molecule has 0 N–H and O–H groups in total. The predicted molar refractivity (Wildman–Crippen MR) is 83.3 cm³/mol. The molecule has 2 aromatic heterocycles. The van der Waals surface area contributed by atoms with Gasteiger partial charge in [0.15, 0.2) is 5.65 Å². The van der Waals surface area contributed by atoms with Crippen molar-refractivity contribution >= 4 is 22.8 Å². The second-order valence-electron chi connectivity index (χ2n) is 5.63. The van der Waals surface area contributed by atoms with Crippen LogP contribution in [-0.2, 0) is 13.6 Å². The maximum atomic E-state index is 6.28. The van der Waals surface area contributed by atoms with Crippen LogP contribution in [0.2, 0.25) is 0 Å². The van der Waals surface area contributed by atoms with Crippen LogP contribution in [0.15, 0.2) is 0 Å². The molecule has 1 atom stereocenters. The van der Waals surface area contributed by atoms with Crippen molar-refractivity contribution in [3.63, 3.8) is 0 Å². The molecule has 1 unspecified atom stereocenters. The zero-order chi connectivity index (χ0) is 14.9. The Morgan fingerprint density at radius 2 is 2.00 bits per heavy atom. The summed E-state index contributed by atoms with van der Waals surface area (Å²) in [6, 6.07) is 0. The van der Waals surface area contributed by atoms with Crippen LogP contribution in [0.25, 0.3) is 11.2 Å². The first kappa shape index (κ1) is 15.3. The second-order valence-corrected chi connectivity index (χ2v) is 6.28. The van der Waals surface area contributed by atoms with Crippen LogP contribution in [0, 0.1) is 6.92 Å². The first-order valence-electron chi connectivity index (χ1n) is 7.10. The standard InChI is InChI=1S/C14H24ClN5/c1-10(15)13-16-12-11(2)17-19(5)14(12)20(13)9-7-6-8-18(3)4/h10H,6-9H2,1-5H3. The molecule has 0 aliphatic carbocycles. The van der Waals surface area contributed by atoms with Crippen LogP contribution in [0.1, 0.15) is 36.7 Å². The van der Waals surface area contributed by atoms with Crippen LogP contribution in [-0.4, -0.2) is 44.9 Å². The molecule has 2 rings (SSSR count). The highest BCUT2D eigenvalue weighted by molar-refractivity contribution is 6.20. The van der Waals surface area contributed by atoms with Gasteiger partial charge in [0.2, 0.25) is 0 Å². The normalized spacial score (nSPS) is 13.6. The molecule has 0 spiro atoms. The van der Waals surface area contributed by atoms with Gasteiger partial charge in [-0.05, 0) is 47.3 Å². The molecule has 0 saturated heterocycles. The number of halogens is 1. The van der Waals surface area contributed by atoms with E-state index >= 15 is 0 Å². The molecular formula is C14H24ClN5. The fourth-order valence-electron chi connectivity index (χ4n) is 2.57. The summed E-state index contributed by atoms with van der Waals surface area (Å²) >= 11 is 6.28. The van der Waals surface area contributed by atoms with Gasteiger partial charge in [-0.2, -0.15) is 5.10 Å². The molecule has 2 aromatic rings. The average molecular weight is 298 g/mol. The first-order valence-corrected chi connectivity index (χ1v) is 7.54. The largest absolute Gasteiger partial charge is 0.312 e. The molecule has 0 bridgehead atoms. The van der Waals surface area contributed by atoms with Crippen molar-refractivity contribution in [1.29, 1.82) is 0 Å². The van der Waals surface area contributed by atoms with Gasteiger partial charge in [-0.3, -0.25) is 4.68 Å². The number of rotatable bonds is 6. The van der Waals surface area contributed by atoms with E-state index < -0.39 is 0 Å². The molecular weight excluding hydrogens is 274 g/mol. The fraction of sp³-hybridized carbons (Fsp3) is 0.714. The smallest absolute Gasteiger partial charge is 0.158 e. The van der Waals surface area contributed by atoms with Crippen LogP contribution in [0.4, 0.5) is 0 Å². The van der Waals surface area contributed by atoms with E-state index in [2.05, 4.69) is 33.6 Å². The Balaban J connectivity index is 2.26. The maximum Gasteiger partial charge on any atom is 0.158 e. The number of aryl methyl sites for hydroxylation is 3. The van der Waals surface area contributed by atoms with Crippen LogP contribution >= 0.6 is 11.6 Å². The molecule has 0 saturated carbocycles. The summed E-state index contributed by atoms with van der Waals surface area (Å²) in [5.74, 6) is 0.947. The van der Waals surface area contributed by atoms with Gasteiger partial charge >= 0.3 is 0 Å². The van der Waals surface area contributed by atoms with Gasteiger partial charge in [-0.15, -0.1) is 11.6 Å². The Morgan fingerprint density at radius 1 is 1.30 bits per heavy atom. The van der Waals surface area contributed by atoms with Crippen molar-refractivity contribution < 1.29 is 0 Å². The quantitative estimate of drug-likeness (QED) is 0.608. The van der Waals surface area contributed by atoms with Crippen molar-refractivity contribution in [2.45, 2.75) is 38.6 Å². The van der Waals surface area contributed by atoms with Crippen molar-refractivity contribution in [2.75, 3.05) is 20.6 Å². The SMILES string of the molecule is Cc1nn(C)c2c1nc(C(C)Cl)n2CCCCN(C)C. The van der Waals surface area contributed by atoms with E-state index in [1.165, 1.54) is 6.42 Å². The second kappa shape index (κ2) is 6.14. The Labute approximate surface area is 125 Å². The number of unbranched alkanes of at least 4 members (excludes halogenated alkanes) is 1. The molecule has 0 aromatic carbocycles. The lowest BCUT2D eigenvalue weighted by Gasteiger charge is -2.12. The molecule has 112 valence electrons. The number of nitrogens with zero attached hydrogens (tertiary/aromatic N) is 5. The number of hydrogen-bond donors (Lipinski definition) is 0. The van der Waals surface area contributed by atoms with Crippen LogP contribution < -0.4 is 0 Å². The Morgan fingerprint density at radius 3 is 2.60 bits per heavy atom. The van der Waals surface area contributed by atoms with Gasteiger partial charge in [-0.25, -0.2) is 4.98 Å². The zero-order valence-corrected chi connectivity index (χ0v) is 13.8. The molecule has 6 heteroatoms. The molecule has 0 aliphatic heterocycles. The highest BCUT2D eigenvalue weighted by atomic mass is 35.5. The third-order valence-electron chi connectivity index (χ3n) is 3.51. The van der Waals surface area contributed by atoms with Crippen molar-refractivity contribution in [3.8, 4) is 0 Å². The van der Waals surface area contributed by atoms with E-state index in [1.807, 2.05) is 25.6 Å². The summed E-state index contributed by atoms with van der Waals surface area (Å²) < 4.78 is 4.13. The van der Waals surface area contributed by atoms with Crippen molar-refractivity contribution in [2.24, 2.45) is 7.05 Å². The predicted octanol–water partition coefficient (Wildman–Crippen LogP) is 2.72. The van der Waals surface area contributed by atoms with Gasteiger partial charge in [0.25, 0.3) is 0 Å². The van der Waals surface area contributed by atoms with E-state index in [4.69, 9.17) is 11.6 Å². The minimum absolute atomic E-state index is 0.0874. The molecule has 0 aliphatic rings. The molecule has 0 fully saturated rings. The fourth-order valence-corrected chi connectivity index (χ4v) is 2.74. The van der Waals surface area contributed by atoms with Crippen LogP contribution in [0.3, 0.4) is 0 Å². The monoisotopic (exact) mass is 297 g/mol. The van der Waals surface area contributed by atoms with Crippen molar-refractivity contribution in [1.82, 2.24) is 24.2 Å². The van der Waals surface area contributed by atoms with Gasteiger partial charge in [-0.1, -0.05) is 0 Å². The molecule has 0 amide bonds. The van der Waals surface area contributed by atoms with Gasteiger partial charge in [0.05, 0.1) is 11.1 Å². The van der Waals surface area contributed by atoms with Gasteiger partial charge < -0.3 is 9.47 Å².